The van der Waals surface area contributed by atoms with Gasteiger partial charge >= 0.3 is 0 Å². The largest absolute Gasteiger partial charge is 0.280 e. The number of hydrogen-bond acceptors (Lipinski definition) is 3. The van der Waals surface area contributed by atoms with Crippen LogP contribution in [0.5, 0.6) is 0 Å². The van der Waals surface area contributed by atoms with Gasteiger partial charge in [-0.3, -0.25) is 9.82 Å². The maximum atomic E-state index is 12.1. The third kappa shape index (κ3) is 2.49. The Labute approximate surface area is 110 Å². The molecular weight excluding hydrogens is 274 g/mol. The molecule has 1 aromatic carbocycles. The molecule has 2 rings (SSSR count). The van der Waals surface area contributed by atoms with E-state index in [0.29, 0.717) is 10.8 Å². The van der Waals surface area contributed by atoms with E-state index in [9.17, 15) is 8.42 Å². The molecule has 18 heavy (non-hydrogen) atoms. The summed E-state index contributed by atoms with van der Waals surface area (Å²) in [5.41, 5.74) is 1.58. The number of aromatic nitrogens is 2. The number of nitrogens with one attached hydrogen (secondary N) is 2. The van der Waals surface area contributed by atoms with Gasteiger partial charge in [-0.15, -0.1) is 0 Å². The zero-order chi connectivity index (χ0) is 13.3. The zero-order valence-electron chi connectivity index (χ0n) is 9.86. The van der Waals surface area contributed by atoms with Crippen molar-refractivity contribution in [2.45, 2.75) is 18.7 Å². The first-order chi connectivity index (χ1) is 8.40. The smallest absolute Gasteiger partial charge is 0.263 e. The molecule has 0 unspecified atom stereocenters. The van der Waals surface area contributed by atoms with Gasteiger partial charge in [0.1, 0.15) is 0 Å². The monoisotopic (exact) mass is 285 g/mol. The fraction of sp³-hybridized carbons (Fsp3) is 0.182. The quantitative estimate of drug-likeness (QED) is 0.910. The van der Waals surface area contributed by atoms with Crippen LogP contribution in [0.4, 0.5) is 5.82 Å². The SMILES string of the molecule is Cc1[nH]nc(NS(=O)(=O)c2cccc(Cl)c2)c1C. The van der Waals surface area contributed by atoms with Crippen LogP contribution in [-0.4, -0.2) is 18.6 Å². The maximum absolute atomic E-state index is 12.1. The zero-order valence-corrected chi connectivity index (χ0v) is 11.4. The highest BCUT2D eigenvalue weighted by Gasteiger charge is 2.17. The summed E-state index contributed by atoms with van der Waals surface area (Å²) in [6, 6.07) is 6.06. The summed E-state index contributed by atoms with van der Waals surface area (Å²) in [7, 11) is -3.66. The van der Waals surface area contributed by atoms with E-state index < -0.39 is 10.0 Å². The summed E-state index contributed by atoms with van der Waals surface area (Å²) < 4.78 is 26.6. The highest BCUT2D eigenvalue weighted by atomic mass is 35.5. The van der Waals surface area contributed by atoms with Crippen molar-refractivity contribution in [2.75, 3.05) is 4.72 Å². The van der Waals surface area contributed by atoms with Crippen molar-refractivity contribution in [3.63, 3.8) is 0 Å². The van der Waals surface area contributed by atoms with Gasteiger partial charge in [-0.05, 0) is 32.0 Å². The second-order valence-corrected chi connectivity index (χ2v) is 6.00. The van der Waals surface area contributed by atoms with Gasteiger partial charge in [0.15, 0.2) is 5.82 Å². The Kier molecular flexibility index (Phi) is 3.32. The summed E-state index contributed by atoms with van der Waals surface area (Å²) in [4.78, 5) is 0.107. The number of hydrogen-bond donors (Lipinski definition) is 2. The van der Waals surface area contributed by atoms with Crippen molar-refractivity contribution < 1.29 is 8.42 Å². The molecule has 0 saturated heterocycles. The van der Waals surface area contributed by atoms with Gasteiger partial charge in [-0.25, -0.2) is 8.42 Å². The summed E-state index contributed by atoms with van der Waals surface area (Å²) in [6.45, 7) is 3.61. The van der Waals surface area contributed by atoms with E-state index in [4.69, 9.17) is 11.6 Å². The van der Waals surface area contributed by atoms with Gasteiger partial charge in [-0.1, -0.05) is 17.7 Å². The molecule has 1 heterocycles. The molecule has 0 aliphatic carbocycles. The summed E-state index contributed by atoms with van der Waals surface area (Å²) in [6.07, 6.45) is 0. The Morgan fingerprint density at radius 2 is 2.06 bits per heavy atom. The van der Waals surface area contributed by atoms with Crippen LogP contribution in [0.25, 0.3) is 0 Å². The van der Waals surface area contributed by atoms with Crippen LogP contribution in [0, 0.1) is 13.8 Å². The molecule has 0 fully saturated rings. The van der Waals surface area contributed by atoms with E-state index in [1.54, 1.807) is 19.1 Å². The van der Waals surface area contributed by atoms with Crippen LogP contribution in [-0.2, 0) is 10.0 Å². The van der Waals surface area contributed by atoms with Crippen molar-refractivity contribution in [2.24, 2.45) is 0 Å². The molecule has 0 radical (unpaired) electrons. The summed E-state index contributed by atoms with van der Waals surface area (Å²) in [5, 5.41) is 6.99. The maximum Gasteiger partial charge on any atom is 0.263 e. The third-order valence-corrected chi connectivity index (χ3v) is 4.16. The van der Waals surface area contributed by atoms with Crippen molar-refractivity contribution in [3.05, 3.63) is 40.5 Å². The molecular formula is C11H12ClN3O2S. The van der Waals surface area contributed by atoms with Crippen LogP contribution in [0.1, 0.15) is 11.3 Å². The van der Waals surface area contributed by atoms with Crippen LogP contribution in [0.15, 0.2) is 29.2 Å². The second-order valence-electron chi connectivity index (χ2n) is 3.89. The van der Waals surface area contributed by atoms with E-state index in [1.165, 1.54) is 12.1 Å². The molecule has 0 aliphatic rings. The normalized spacial score (nSPS) is 11.5. The molecule has 0 saturated carbocycles. The lowest BCUT2D eigenvalue weighted by molar-refractivity contribution is 0.601. The highest BCUT2D eigenvalue weighted by molar-refractivity contribution is 7.92. The first kappa shape index (κ1) is 12.9. The molecule has 96 valence electrons. The number of nitrogens with zero attached hydrogens (tertiary/aromatic N) is 1. The van der Waals surface area contributed by atoms with Gasteiger partial charge in [0.05, 0.1) is 4.90 Å². The van der Waals surface area contributed by atoms with Crippen molar-refractivity contribution in [3.8, 4) is 0 Å². The van der Waals surface area contributed by atoms with E-state index in [2.05, 4.69) is 14.9 Å². The van der Waals surface area contributed by atoms with Crippen molar-refractivity contribution in [1.82, 2.24) is 10.2 Å². The van der Waals surface area contributed by atoms with E-state index in [-0.39, 0.29) is 4.90 Å². The Morgan fingerprint density at radius 3 is 2.61 bits per heavy atom. The van der Waals surface area contributed by atoms with E-state index in [1.807, 2.05) is 6.92 Å². The Balaban J connectivity index is 2.36. The third-order valence-electron chi connectivity index (χ3n) is 2.59. The molecule has 2 aromatic rings. The molecule has 1 aromatic heterocycles. The Hall–Kier alpha value is -1.53. The van der Waals surface area contributed by atoms with Crippen molar-refractivity contribution >= 4 is 27.4 Å². The van der Waals surface area contributed by atoms with E-state index in [0.717, 1.165) is 11.3 Å². The topological polar surface area (TPSA) is 74.8 Å². The predicted molar refractivity (Wildman–Crippen MR) is 70.3 cm³/mol. The lowest BCUT2D eigenvalue weighted by atomic mass is 10.3. The average molecular weight is 286 g/mol. The van der Waals surface area contributed by atoms with Gasteiger partial charge in [0, 0.05) is 16.3 Å². The first-order valence-corrected chi connectivity index (χ1v) is 7.06. The van der Waals surface area contributed by atoms with Crippen LogP contribution in [0.3, 0.4) is 0 Å². The number of benzene rings is 1. The fourth-order valence-electron chi connectivity index (χ4n) is 1.40. The van der Waals surface area contributed by atoms with Gasteiger partial charge in [0.2, 0.25) is 0 Å². The van der Waals surface area contributed by atoms with Crippen LogP contribution >= 0.6 is 11.6 Å². The number of anilines is 1. The van der Waals surface area contributed by atoms with Gasteiger partial charge in [0.25, 0.3) is 10.0 Å². The molecule has 7 heteroatoms. The number of aryl methyl sites for hydroxylation is 1. The molecule has 0 aliphatic heterocycles. The van der Waals surface area contributed by atoms with Crippen LogP contribution in [0.2, 0.25) is 5.02 Å². The lowest BCUT2D eigenvalue weighted by Gasteiger charge is -2.06. The number of rotatable bonds is 3. The molecule has 0 bridgehead atoms. The number of aromatic amines is 1. The standard InChI is InChI=1S/C11H12ClN3O2S/c1-7-8(2)13-14-11(7)15-18(16,17)10-5-3-4-9(12)6-10/h3-6H,1-2H3,(H2,13,14,15). The highest BCUT2D eigenvalue weighted by Crippen LogP contribution is 2.21. The lowest BCUT2D eigenvalue weighted by Crippen LogP contribution is -2.13. The number of H-pyrrole nitrogens is 1. The summed E-state index contributed by atoms with van der Waals surface area (Å²) in [5.74, 6) is 0.299. The molecule has 5 nitrogen and oxygen atoms in total. The Morgan fingerprint density at radius 1 is 1.33 bits per heavy atom. The fourth-order valence-corrected chi connectivity index (χ4v) is 2.77. The second kappa shape index (κ2) is 4.62. The summed E-state index contributed by atoms with van der Waals surface area (Å²) >= 11 is 5.78. The minimum absolute atomic E-state index is 0.107. The predicted octanol–water partition coefficient (Wildman–Crippen LogP) is 2.48. The van der Waals surface area contributed by atoms with Crippen molar-refractivity contribution in [1.29, 1.82) is 0 Å². The molecule has 0 amide bonds. The number of halogens is 1. The van der Waals surface area contributed by atoms with E-state index >= 15 is 0 Å². The minimum Gasteiger partial charge on any atom is -0.280 e. The van der Waals surface area contributed by atoms with Crippen LogP contribution < -0.4 is 4.72 Å². The molecule has 2 N–H and O–H groups in total. The van der Waals surface area contributed by atoms with Gasteiger partial charge in [-0.2, -0.15) is 5.10 Å². The molecule has 0 atom stereocenters. The number of sulfonamides is 1. The molecule has 0 spiro atoms. The van der Waals surface area contributed by atoms with Gasteiger partial charge < -0.3 is 0 Å². The minimum atomic E-state index is -3.66. The average Bonchev–Trinajstić information content (AvgIpc) is 2.61. The Bertz CT molecular complexity index is 679. The first-order valence-electron chi connectivity index (χ1n) is 5.20.